The van der Waals surface area contributed by atoms with Crippen LogP contribution in [-0.2, 0) is 16.6 Å². The number of fused-ring (bicyclic) bond motifs is 5. The summed E-state index contributed by atoms with van der Waals surface area (Å²) in [7, 11) is -4.16. The summed E-state index contributed by atoms with van der Waals surface area (Å²) in [5.41, 5.74) is 4.16. The van der Waals surface area contributed by atoms with E-state index < -0.39 is 16.1 Å². The fourth-order valence-electron chi connectivity index (χ4n) is 6.02. The average molecular weight is 636 g/mol. The predicted octanol–water partition coefficient (Wildman–Crippen LogP) is 6.95. The van der Waals surface area contributed by atoms with Gasteiger partial charge in [-0.25, -0.2) is 18.1 Å². The fraction of sp³-hybridized carbons (Fsp3) is 0.278. The smallest absolute Gasteiger partial charge is 0.264 e. The molecule has 0 spiro atoms. The van der Waals surface area contributed by atoms with Crippen molar-refractivity contribution >= 4 is 32.7 Å². The number of benzene rings is 3. The number of carbonyl (C=O) groups is 1. The van der Waals surface area contributed by atoms with Crippen LogP contribution in [0.4, 0.5) is 5.95 Å². The van der Waals surface area contributed by atoms with Crippen molar-refractivity contribution in [2.75, 3.05) is 11.3 Å². The van der Waals surface area contributed by atoms with Crippen LogP contribution in [0.25, 0.3) is 22.0 Å². The Hall–Kier alpha value is -4.83. The largest absolute Gasteiger partial charge is 0.475 e. The van der Waals surface area contributed by atoms with Gasteiger partial charge in [0.2, 0.25) is 11.8 Å². The first kappa shape index (κ1) is 31.2. The quantitative estimate of drug-likeness (QED) is 0.227. The molecule has 3 heterocycles. The number of ether oxygens (including phenoxy) is 1. The SMILES string of the molecule is Cc1cccc(C)c1-c1cc2nc(n1)NS(=O)(=O)c1cccc(c1)C(=O)N(Cc1nccc3ccccc13)[C@H](CC(C)(C)C)CO2. The van der Waals surface area contributed by atoms with Gasteiger partial charge in [0.15, 0.2) is 0 Å². The standard InChI is InChI=1S/C36H37N5O4S/c1-23-10-8-11-24(2)33(23)30-19-32-39-35(38-30)40-46(43,44)28-14-9-13-26(18-28)34(42)41(27(22-45-32)20-36(3,4)5)21-31-29-15-7-6-12-25(29)16-17-37-31/h6-19,27H,20-22H2,1-5H3,(H,38,39,40)/t27-/m1/s1. The highest BCUT2D eigenvalue weighted by molar-refractivity contribution is 7.92. The lowest BCUT2D eigenvalue weighted by molar-refractivity contribution is 0.0510. The van der Waals surface area contributed by atoms with Crippen LogP contribution in [0.1, 0.15) is 54.4 Å². The van der Waals surface area contributed by atoms with Gasteiger partial charge in [-0.2, -0.15) is 4.98 Å². The topological polar surface area (TPSA) is 114 Å². The highest BCUT2D eigenvalue weighted by Gasteiger charge is 2.32. The number of aryl methyl sites for hydroxylation is 2. The van der Waals surface area contributed by atoms with E-state index in [0.29, 0.717) is 12.1 Å². The molecule has 2 aromatic heterocycles. The normalized spacial score (nSPS) is 16.5. The molecule has 9 nitrogen and oxygen atoms in total. The van der Waals surface area contributed by atoms with Crippen molar-refractivity contribution in [3.63, 3.8) is 0 Å². The molecule has 1 amide bonds. The molecule has 10 heteroatoms. The number of sulfonamides is 1. The molecule has 0 saturated carbocycles. The van der Waals surface area contributed by atoms with Gasteiger partial charge in [0, 0.05) is 28.8 Å². The molecule has 0 fully saturated rings. The zero-order valence-electron chi connectivity index (χ0n) is 26.6. The number of anilines is 1. The second kappa shape index (κ2) is 12.2. The van der Waals surface area contributed by atoms with Crippen molar-refractivity contribution in [1.29, 1.82) is 0 Å². The zero-order valence-corrected chi connectivity index (χ0v) is 27.4. The first-order chi connectivity index (χ1) is 21.9. The molecule has 1 aliphatic heterocycles. The number of nitrogens with zero attached hydrogens (tertiary/aromatic N) is 4. The molecule has 0 radical (unpaired) electrons. The molecule has 1 atom stereocenters. The number of hydrogen-bond acceptors (Lipinski definition) is 7. The summed E-state index contributed by atoms with van der Waals surface area (Å²) < 4.78 is 36.2. The van der Waals surface area contributed by atoms with Crippen molar-refractivity contribution in [1.82, 2.24) is 19.9 Å². The Kier molecular flexibility index (Phi) is 8.24. The van der Waals surface area contributed by atoms with E-state index >= 15 is 0 Å². The molecule has 4 bridgehead atoms. The molecular formula is C36H37N5O4S. The molecular weight excluding hydrogens is 598 g/mol. The highest BCUT2D eigenvalue weighted by Crippen LogP contribution is 2.32. The molecule has 1 aliphatic rings. The van der Waals surface area contributed by atoms with Crippen LogP contribution >= 0.6 is 0 Å². The molecule has 0 saturated heterocycles. The monoisotopic (exact) mass is 635 g/mol. The van der Waals surface area contributed by atoms with Crippen molar-refractivity contribution in [2.24, 2.45) is 5.41 Å². The number of rotatable bonds is 4. The van der Waals surface area contributed by atoms with Gasteiger partial charge in [0.1, 0.15) is 6.61 Å². The van der Waals surface area contributed by atoms with Crippen molar-refractivity contribution in [2.45, 2.75) is 58.5 Å². The van der Waals surface area contributed by atoms with E-state index in [9.17, 15) is 13.2 Å². The Morgan fingerprint density at radius 1 is 0.935 bits per heavy atom. The molecule has 236 valence electrons. The van der Waals surface area contributed by atoms with Gasteiger partial charge in [-0.05, 0) is 66.5 Å². The lowest BCUT2D eigenvalue weighted by Gasteiger charge is -2.35. The van der Waals surface area contributed by atoms with Crippen LogP contribution in [0.5, 0.6) is 5.88 Å². The average Bonchev–Trinajstić information content (AvgIpc) is 3.01. The summed E-state index contributed by atoms with van der Waals surface area (Å²) in [5, 5.41) is 1.96. The summed E-state index contributed by atoms with van der Waals surface area (Å²) in [6.45, 7) is 10.6. The number of aromatic nitrogens is 3. The van der Waals surface area contributed by atoms with Gasteiger partial charge in [-0.3, -0.25) is 9.78 Å². The number of amides is 1. The van der Waals surface area contributed by atoms with Crippen molar-refractivity contribution < 1.29 is 17.9 Å². The predicted molar refractivity (Wildman–Crippen MR) is 179 cm³/mol. The lowest BCUT2D eigenvalue weighted by Crippen LogP contribution is -2.45. The highest BCUT2D eigenvalue weighted by atomic mass is 32.2. The van der Waals surface area contributed by atoms with Gasteiger partial charge in [-0.15, -0.1) is 0 Å². The zero-order chi connectivity index (χ0) is 32.6. The van der Waals surface area contributed by atoms with E-state index in [2.05, 4.69) is 40.4 Å². The summed E-state index contributed by atoms with van der Waals surface area (Å²) in [4.78, 5) is 29.9. The van der Waals surface area contributed by atoms with E-state index in [1.807, 2.05) is 62.4 Å². The van der Waals surface area contributed by atoms with Crippen LogP contribution in [0.3, 0.4) is 0 Å². The maximum Gasteiger partial charge on any atom is 0.264 e. The Labute approximate surface area is 269 Å². The Morgan fingerprint density at radius 2 is 1.67 bits per heavy atom. The second-order valence-corrected chi connectivity index (χ2v) is 14.6. The summed E-state index contributed by atoms with van der Waals surface area (Å²) >= 11 is 0. The second-order valence-electron chi connectivity index (χ2n) is 13.0. The van der Waals surface area contributed by atoms with Crippen LogP contribution < -0.4 is 9.46 Å². The molecule has 46 heavy (non-hydrogen) atoms. The molecule has 3 aromatic carbocycles. The van der Waals surface area contributed by atoms with E-state index in [1.54, 1.807) is 29.3 Å². The van der Waals surface area contributed by atoms with E-state index in [-0.39, 0.29) is 46.8 Å². The lowest BCUT2D eigenvalue weighted by atomic mass is 9.87. The molecule has 1 N–H and O–H groups in total. The third-order valence-electron chi connectivity index (χ3n) is 8.11. The summed E-state index contributed by atoms with van der Waals surface area (Å²) in [6.07, 6.45) is 2.34. The van der Waals surface area contributed by atoms with Crippen molar-refractivity contribution in [3.05, 3.63) is 107 Å². The van der Waals surface area contributed by atoms with Crippen LogP contribution in [0.15, 0.2) is 90.0 Å². The first-order valence-corrected chi connectivity index (χ1v) is 16.7. The minimum absolute atomic E-state index is 0.0725. The molecule has 0 unspecified atom stereocenters. The maximum atomic E-state index is 14.5. The number of nitrogens with one attached hydrogen (secondary N) is 1. The number of pyridine rings is 1. The third-order valence-corrected chi connectivity index (χ3v) is 9.43. The van der Waals surface area contributed by atoms with Gasteiger partial charge < -0.3 is 9.64 Å². The van der Waals surface area contributed by atoms with Crippen molar-refractivity contribution in [3.8, 4) is 17.1 Å². The molecule has 0 aliphatic carbocycles. The first-order valence-electron chi connectivity index (χ1n) is 15.2. The fourth-order valence-corrected chi connectivity index (χ4v) is 7.01. The Morgan fingerprint density at radius 3 is 2.43 bits per heavy atom. The number of hydrogen-bond donors (Lipinski definition) is 1. The Bertz CT molecular complexity index is 2030. The molecule has 6 rings (SSSR count). The van der Waals surface area contributed by atoms with Gasteiger partial charge in [-0.1, -0.05) is 69.3 Å². The number of carbonyl (C=O) groups excluding carboxylic acids is 1. The summed E-state index contributed by atoms with van der Waals surface area (Å²) in [5.74, 6) is -0.237. The molecule has 5 aromatic rings. The Balaban J connectivity index is 1.52. The maximum absolute atomic E-state index is 14.5. The van der Waals surface area contributed by atoms with E-state index in [1.165, 1.54) is 12.1 Å². The summed E-state index contributed by atoms with van der Waals surface area (Å²) in [6, 6.07) is 23.2. The van der Waals surface area contributed by atoms with Crippen LogP contribution in [0.2, 0.25) is 0 Å². The van der Waals surface area contributed by atoms with Gasteiger partial charge in [0.05, 0.1) is 28.9 Å². The minimum atomic E-state index is -4.16. The van der Waals surface area contributed by atoms with E-state index in [4.69, 9.17) is 4.74 Å². The van der Waals surface area contributed by atoms with Crippen LogP contribution in [-0.4, -0.2) is 46.8 Å². The minimum Gasteiger partial charge on any atom is -0.475 e. The van der Waals surface area contributed by atoms with Gasteiger partial charge >= 0.3 is 0 Å². The van der Waals surface area contributed by atoms with Gasteiger partial charge in [0.25, 0.3) is 15.9 Å². The third kappa shape index (κ3) is 6.57. The van der Waals surface area contributed by atoms with E-state index in [0.717, 1.165) is 33.2 Å². The van der Waals surface area contributed by atoms with Crippen LogP contribution in [0, 0.1) is 19.3 Å².